The average Bonchev–Trinajstić information content (AvgIpc) is 2.86. The number of benzene rings is 2. The van der Waals surface area contributed by atoms with E-state index in [9.17, 15) is 0 Å². The van der Waals surface area contributed by atoms with Crippen LogP contribution in [0.1, 0.15) is 23.1 Å². The molecule has 2 aromatic rings. The molecule has 20 heavy (non-hydrogen) atoms. The van der Waals surface area contributed by atoms with Gasteiger partial charge in [-0.15, -0.1) is 0 Å². The van der Waals surface area contributed by atoms with Gasteiger partial charge in [0.1, 0.15) is 5.75 Å². The summed E-state index contributed by atoms with van der Waals surface area (Å²) in [5.41, 5.74) is 12.5. The van der Waals surface area contributed by atoms with Gasteiger partial charge in [-0.05, 0) is 59.4 Å². The molecule has 2 heteroatoms. The maximum atomic E-state index is 5.81. The summed E-state index contributed by atoms with van der Waals surface area (Å²) in [5, 5.41) is 0. The van der Waals surface area contributed by atoms with Gasteiger partial charge in [0.2, 0.25) is 0 Å². The molecule has 2 nitrogen and oxygen atoms in total. The minimum atomic E-state index is 0.669. The van der Waals surface area contributed by atoms with Crippen LogP contribution in [0.15, 0.2) is 48.5 Å². The first-order chi connectivity index (χ1) is 9.83. The number of hydrogen-bond acceptors (Lipinski definition) is 2. The van der Waals surface area contributed by atoms with Gasteiger partial charge in [-0.2, -0.15) is 0 Å². The van der Waals surface area contributed by atoms with Crippen molar-refractivity contribution in [2.75, 3.05) is 13.7 Å². The largest absolute Gasteiger partial charge is 0.497 e. The van der Waals surface area contributed by atoms with Gasteiger partial charge in [0, 0.05) is 0 Å². The lowest BCUT2D eigenvalue weighted by molar-refractivity contribution is 0.414. The van der Waals surface area contributed by atoms with E-state index in [1.807, 2.05) is 6.07 Å². The third-order valence-electron chi connectivity index (χ3n) is 3.89. The van der Waals surface area contributed by atoms with Crippen LogP contribution in [-0.4, -0.2) is 13.7 Å². The molecule has 0 radical (unpaired) electrons. The number of allylic oxidation sites excluding steroid dienone is 1. The van der Waals surface area contributed by atoms with E-state index in [2.05, 4.69) is 42.5 Å². The van der Waals surface area contributed by atoms with Crippen LogP contribution in [0.2, 0.25) is 0 Å². The zero-order valence-corrected chi connectivity index (χ0v) is 11.7. The second-order valence-electron chi connectivity index (χ2n) is 5.06. The van der Waals surface area contributed by atoms with Gasteiger partial charge in [0.05, 0.1) is 7.11 Å². The number of methoxy groups -OCH3 is 1. The number of fused-ring (bicyclic) bond motifs is 1. The summed E-state index contributed by atoms with van der Waals surface area (Å²) in [7, 11) is 1.71. The van der Waals surface area contributed by atoms with Crippen molar-refractivity contribution in [2.45, 2.75) is 12.8 Å². The molecule has 2 N–H and O–H groups in total. The lowest BCUT2D eigenvalue weighted by atomic mass is 9.98. The minimum absolute atomic E-state index is 0.669. The third kappa shape index (κ3) is 2.23. The Morgan fingerprint density at radius 1 is 1.10 bits per heavy atom. The number of hydrogen-bond donors (Lipinski definition) is 1. The summed E-state index contributed by atoms with van der Waals surface area (Å²) >= 11 is 0. The Morgan fingerprint density at radius 3 is 2.60 bits per heavy atom. The van der Waals surface area contributed by atoms with Crippen molar-refractivity contribution in [3.8, 4) is 5.75 Å². The van der Waals surface area contributed by atoms with Crippen molar-refractivity contribution < 1.29 is 4.74 Å². The first-order valence-electron chi connectivity index (χ1n) is 6.98. The van der Waals surface area contributed by atoms with Crippen molar-refractivity contribution >= 4 is 11.1 Å². The van der Waals surface area contributed by atoms with Gasteiger partial charge in [-0.1, -0.05) is 36.4 Å². The molecule has 0 amide bonds. The molecule has 0 fully saturated rings. The van der Waals surface area contributed by atoms with Crippen molar-refractivity contribution in [3.05, 3.63) is 65.2 Å². The number of rotatable bonds is 4. The lowest BCUT2D eigenvalue weighted by Gasteiger charge is -2.09. The summed E-state index contributed by atoms with van der Waals surface area (Å²) in [6.45, 7) is 0.669. The highest BCUT2D eigenvalue weighted by Crippen LogP contribution is 2.41. The highest BCUT2D eigenvalue weighted by molar-refractivity contribution is 5.97. The minimum Gasteiger partial charge on any atom is -0.497 e. The van der Waals surface area contributed by atoms with Crippen molar-refractivity contribution in [3.63, 3.8) is 0 Å². The molecular formula is C18H19NO. The molecule has 0 saturated heterocycles. The first kappa shape index (κ1) is 12.9. The average molecular weight is 265 g/mol. The van der Waals surface area contributed by atoms with Crippen molar-refractivity contribution in [1.29, 1.82) is 0 Å². The Hall–Kier alpha value is -2.06. The summed E-state index contributed by atoms with van der Waals surface area (Å²) in [6, 6.07) is 16.9. The normalized spacial score (nSPS) is 13.5. The van der Waals surface area contributed by atoms with Crippen LogP contribution in [0.25, 0.3) is 11.1 Å². The number of nitrogens with two attached hydrogens (primary N) is 1. The van der Waals surface area contributed by atoms with Crippen LogP contribution >= 0.6 is 0 Å². The topological polar surface area (TPSA) is 35.2 Å². The molecule has 0 spiro atoms. The Kier molecular flexibility index (Phi) is 3.57. The van der Waals surface area contributed by atoms with Gasteiger partial charge >= 0.3 is 0 Å². The fourth-order valence-corrected chi connectivity index (χ4v) is 2.92. The predicted octanol–water partition coefficient (Wildman–Crippen LogP) is 3.51. The van der Waals surface area contributed by atoms with Gasteiger partial charge in [-0.25, -0.2) is 0 Å². The Labute approximate surface area is 119 Å². The van der Waals surface area contributed by atoms with E-state index in [1.165, 1.54) is 27.8 Å². The van der Waals surface area contributed by atoms with Crippen LogP contribution in [0.5, 0.6) is 5.75 Å². The van der Waals surface area contributed by atoms with Gasteiger partial charge in [-0.3, -0.25) is 0 Å². The Bertz CT molecular complexity index is 644. The molecule has 0 aliphatic heterocycles. The Balaban J connectivity index is 2.10. The van der Waals surface area contributed by atoms with Gasteiger partial charge in [0.25, 0.3) is 0 Å². The van der Waals surface area contributed by atoms with Crippen LogP contribution in [0.4, 0.5) is 0 Å². The lowest BCUT2D eigenvalue weighted by Crippen LogP contribution is -2.00. The summed E-state index contributed by atoms with van der Waals surface area (Å²) in [5.74, 6) is 0.910. The molecule has 0 bridgehead atoms. The van der Waals surface area contributed by atoms with E-state index in [-0.39, 0.29) is 0 Å². The molecule has 1 aliphatic rings. The van der Waals surface area contributed by atoms with Crippen molar-refractivity contribution in [1.82, 2.24) is 0 Å². The molecule has 0 heterocycles. The summed E-state index contributed by atoms with van der Waals surface area (Å²) in [4.78, 5) is 0. The maximum Gasteiger partial charge on any atom is 0.119 e. The molecular weight excluding hydrogens is 246 g/mol. The van der Waals surface area contributed by atoms with E-state index >= 15 is 0 Å². The second-order valence-corrected chi connectivity index (χ2v) is 5.06. The highest BCUT2D eigenvalue weighted by atomic mass is 16.5. The third-order valence-corrected chi connectivity index (χ3v) is 3.89. The standard InChI is InChI=1S/C18H19NO/c1-20-15-8-7-14-11-17(13-5-3-2-4-6-13)16(9-10-19)18(14)12-15/h2-8,12H,9-11,19H2,1H3. The zero-order chi connectivity index (χ0) is 13.9. The highest BCUT2D eigenvalue weighted by Gasteiger charge is 2.22. The van der Waals surface area contributed by atoms with E-state index < -0.39 is 0 Å². The van der Waals surface area contributed by atoms with E-state index in [0.29, 0.717) is 6.54 Å². The molecule has 3 rings (SSSR count). The monoisotopic (exact) mass is 265 g/mol. The Morgan fingerprint density at radius 2 is 1.90 bits per heavy atom. The smallest absolute Gasteiger partial charge is 0.119 e. The SMILES string of the molecule is COc1ccc2c(c1)C(CCN)=C(c1ccccc1)C2. The maximum absolute atomic E-state index is 5.81. The first-order valence-corrected chi connectivity index (χ1v) is 6.98. The predicted molar refractivity (Wildman–Crippen MR) is 83.6 cm³/mol. The van der Waals surface area contributed by atoms with Crippen LogP contribution in [0.3, 0.4) is 0 Å². The molecule has 1 aliphatic carbocycles. The van der Waals surface area contributed by atoms with Gasteiger partial charge in [0.15, 0.2) is 0 Å². The molecule has 0 unspecified atom stereocenters. The van der Waals surface area contributed by atoms with Crippen molar-refractivity contribution in [2.24, 2.45) is 5.73 Å². The molecule has 102 valence electrons. The fraction of sp³-hybridized carbons (Fsp3) is 0.222. The summed E-state index contributed by atoms with van der Waals surface area (Å²) in [6.07, 6.45) is 1.89. The van der Waals surface area contributed by atoms with Crippen LogP contribution in [0, 0.1) is 0 Å². The second kappa shape index (κ2) is 5.51. The zero-order valence-electron chi connectivity index (χ0n) is 11.7. The molecule has 0 saturated carbocycles. The molecule has 0 atom stereocenters. The van der Waals surface area contributed by atoms with E-state index in [1.54, 1.807) is 7.11 Å². The molecule has 2 aromatic carbocycles. The molecule has 0 aromatic heterocycles. The number of ether oxygens (including phenoxy) is 1. The van der Waals surface area contributed by atoms with Crippen LogP contribution in [-0.2, 0) is 6.42 Å². The quantitative estimate of drug-likeness (QED) is 0.918. The summed E-state index contributed by atoms with van der Waals surface area (Å²) < 4.78 is 5.35. The van der Waals surface area contributed by atoms with Crippen LogP contribution < -0.4 is 10.5 Å². The van der Waals surface area contributed by atoms with Gasteiger partial charge < -0.3 is 10.5 Å². The van der Waals surface area contributed by atoms with E-state index in [4.69, 9.17) is 10.5 Å². The fourth-order valence-electron chi connectivity index (χ4n) is 2.92. The van der Waals surface area contributed by atoms with E-state index in [0.717, 1.165) is 18.6 Å².